The summed E-state index contributed by atoms with van der Waals surface area (Å²) in [5, 5.41) is 3.39. The molecule has 96 valence electrons. The van der Waals surface area contributed by atoms with Gasteiger partial charge in [-0.25, -0.2) is 4.98 Å². The summed E-state index contributed by atoms with van der Waals surface area (Å²) < 4.78 is 3.47. The second kappa shape index (κ2) is 6.89. The fraction of sp³-hybridized carbons (Fsp3) is 0.357. The second-order valence-corrected chi connectivity index (χ2v) is 5.52. The van der Waals surface area contributed by atoms with Gasteiger partial charge in [0.15, 0.2) is 0 Å². The summed E-state index contributed by atoms with van der Waals surface area (Å²) in [6.45, 7) is 4.94. The van der Waals surface area contributed by atoms with Crippen LogP contribution < -0.4 is 5.32 Å². The lowest BCUT2D eigenvalue weighted by Gasteiger charge is -2.08. The molecular formula is C14H18IN3. The third-order valence-electron chi connectivity index (χ3n) is 2.78. The molecule has 0 amide bonds. The van der Waals surface area contributed by atoms with Crippen LogP contribution in [0.3, 0.4) is 0 Å². The first kappa shape index (κ1) is 13.5. The number of halogens is 1. The number of benzene rings is 1. The topological polar surface area (TPSA) is 29.9 Å². The van der Waals surface area contributed by atoms with Gasteiger partial charge in [-0.15, -0.1) is 0 Å². The molecule has 1 aromatic carbocycles. The van der Waals surface area contributed by atoms with Crippen LogP contribution >= 0.6 is 22.6 Å². The van der Waals surface area contributed by atoms with E-state index in [0.717, 1.165) is 31.9 Å². The summed E-state index contributed by atoms with van der Waals surface area (Å²) >= 11 is 2.33. The van der Waals surface area contributed by atoms with Crippen molar-refractivity contribution in [1.29, 1.82) is 0 Å². The third kappa shape index (κ3) is 3.81. The molecule has 1 aromatic heterocycles. The van der Waals surface area contributed by atoms with Crippen molar-refractivity contribution in [3.63, 3.8) is 0 Å². The van der Waals surface area contributed by atoms with E-state index in [1.807, 2.05) is 12.4 Å². The van der Waals surface area contributed by atoms with Crippen molar-refractivity contribution in [3.05, 3.63) is 51.6 Å². The molecule has 0 fully saturated rings. The van der Waals surface area contributed by atoms with Crippen LogP contribution in [0.4, 0.5) is 0 Å². The van der Waals surface area contributed by atoms with Crippen LogP contribution in [0.15, 0.2) is 36.7 Å². The Morgan fingerprint density at radius 2 is 2.06 bits per heavy atom. The molecule has 18 heavy (non-hydrogen) atoms. The maximum Gasteiger partial charge on any atom is 0.122 e. The predicted octanol–water partition coefficient (Wildman–Crippen LogP) is 3.04. The molecule has 1 heterocycles. The molecule has 0 bridgehead atoms. The Bertz CT molecular complexity index is 476. The zero-order chi connectivity index (χ0) is 12.8. The highest BCUT2D eigenvalue weighted by Gasteiger charge is 2.02. The molecule has 0 saturated carbocycles. The number of aromatic nitrogens is 2. The van der Waals surface area contributed by atoms with E-state index in [1.54, 1.807) is 0 Å². The lowest BCUT2D eigenvalue weighted by Crippen LogP contribution is -2.17. The van der Waals surface area contributed by atoms with Crippen LogP contribution in [-0.2, 0) is 13.1 Å². The van der Waals surface area contributed by atoms with Crippen molar-refractivity contribution < 1.29 is 0 Å². The molecule has 0 saturated heterocycles. The zero-order valence-electron chi connectivity index (χ0n) is 10.6. The summed E-state index contributed by atoms with van der Waals surface area (Å²) in [5.41, 5.74) is 1.31. The monoisotopic (exact) mass is 355 g/mol. The highest BCUT2D eigenvalue weighted by molar-refractivity contribution is 14.1. The van der Waals surface area contributed by atoms with Crippen molar-refractivity contribution in [1.82, 2.24) is 14.9 Å². The summed E-state index contributed by atoms with van der Waals surface area (Å²) in [6.07, 6.45) is 5.06. The minimum atomic E-state index is 0.839. The fourth-order valence-electron chi connectivity index (χ4n) is 1.81. The molecule has 0 unspecified atom stereocenters. The van der Waals surface area contributed by atoms with Gasteiger partial charge in [0.05, 0.1) is 6.54 Å². The van der Waals surface area contributed by atoms with Gasteiger partial charge in [0, 0.05) is 22.5 Å². The second-order valence-electron chi connectivity index (χ2n) is 4.27. The summed E-state index contributed by atoms with van der Waals surface area (Å²) in [7, 11) is 0. The number of nitrogens with one attached hydrogen (secondary N) is 1. The SMILES string of the molecule is CCCNCc1nccn1Cc1ccc(I)cc1. The Morgan fingerprint density at radius 3 is 2.78 bits per heavy atom. The molecule has 2 aromatic rings. The number of rotatable bonds is 6. The van der Waals surface area contributed by atoms with E-state index in [9.17, 15) is 0 Å². The maximum atomic E-state index is 4.40. The molecule has 0 aliphatic rings. The van der Waals surface area contributed by atoms with Crippen molar-refractivity contribution in [2.75, 3.05) is 6.54 Å². The van der Waals surface area contributed by atoms with Crippen LogP contribution in [0.1, 0.15) is 24.7 Å². The van der Waals surface area contributed by atoms with Crippen LogP contribution in [-0.4, -0.2) is 16.1 Å². The van der Waals surface area contributed by atoms with E-state index < -0.39 is 0 Å². The van der Waals surface area contributed by atoms with E-state index in [1.165, 1.54) is 9.13 Å². The van der Waals surface area contributed by atoms with E-state index in [4.69, 9.17) is 0 Å². The summed E-state index contributed by atoms with van der Waals surface area (Å²) in [6, 6.07) is 8.62. The Hall–Kier alpha value is -0.880. The average molecular weight is 355 g/mol. The normalized spacial score (nSPS) is 10.8. The molecule has 0 aliphatic heterocycles. The minimum Gasteiger partial charge on any atom is -0.329 e. The largest absolute Gasteiger partial charge is 0.329 e. The van der Waals surface area contributed by atoms with Gasteiger partial charge in [0.25, 0.3) is 0 Å². The van der Waals surface area contributed by atoms with Gasteiger partial charge in [0.2, 0.25) is 0 Å². The van der Waals surface area contributed by atoms with Crippen molar-refractivity contribution >= 4 is 22.6 Å². The third-order valence-corrected chi connectivity index (χ3v) is 3.50. The van der Waals surface area contributed by atoms with Crippen LogP contribution in [0.5, 0.6) is 0 Å². The highest BCUT2D eigenvalue weighted by atomic mass is 127. The highest BCUT2D eigenvalue weighted by Crippen LogP contribution is 2.09. The van der Waals surface area contributed by atoms with Crippen molar-refractivity contribution in [2.45, 2.75) is 26.4 Å². The number of imidazole rings is 1. The molecule has 2 rings (SSSR count). The number of hydrogen-bond donors (Lipinski definition) is 1. The summed E-state index contributed by atoms with van der Waals surface area (Å²) in [5.74, 6) is 1.10. The first-order valence-electron chi connectivity index (χ1n) is 6.24. The molecule has 0 aliphatic carbocycles. The molecule has 1 N–H and O–H groups in total. The van der Waals surface area contributed by atoms with E-state index in [0.29, 0.717) is 0 Å². The van der Waals surface area contributed by atoms with Crippen molar-refractivity contribution in [2.24, 2.45) is 0 Å². The van der Waals surface area contributed by atoms with Crippen LogP contribution in [0, 0.1) is 3.57 Å². The standard InChI is InChI=1S/C14H18IN3/c1-2-7-16-10-14-17-8-9-18(14)11-12-3-5-13(15)6-4-12/h3-6,8-9,16H,2,7,10-11H2,1H3. The van der Waals surface area contributed by atoms with E-state index in [2.05, 4.69) is 68.6 Å². The van der Waals surface area contributed by atoms with Gasteiger partial charge >= 0.3 is 0 Å². The van der Waals surface area contributed by atoms with Gasteiger partial charge in [-0.2, -0.15) is 0 Å². The number of hydrogen-bond acceptors (Lipinski definition) is 2. The van der Waals surface area contributed by atoms with E-state index in [-0.39, 0.29) is 0 Å². The number of nitrogens with zero attached hydrogens (tertiary/aromatic N) is 2. The zero-order valence-corrected chi connectivity index (χ0v) is 12.7. The molecule has 0 spiro atoms. The lowest BCUT2D eigenvalue weighted by atomic mass is 10.2. The Labute approximate surface area is 122 Å². The fourth-order valence-corrected chi connectivity index (χ4v) is 2.17. The maximum absolute atomic E-state index is 4.40. The van der Waals surface area contributed by atoms with Crippen LogP contribution in [0.2, 0.25) is 0 Å². The summed E-state index contributed by atoms with van der Waals surface area (Å²) in [4.78, 5) is 4.40. The molecule has 3 nitrogen and oxygen atoms in total. The first-order valence-corrected chi connectivity index (χ1v) is 7.32. The Kier molecular flexibility index (Phi) is 5.19. The van der Waals surface area contributed by atoms with Crippen molar-refractivity contribution in [3.8, 4) is 0 Å². The Morgan fingerprint density at radius 1 is 1.28 bits per heavy atom. The minimum absolute atomic E-state index is 0.839. The quantitative estimate of drug-likeness (QED) is 0.638. The smallest absolute Gasteiger partial charge is 0.122 e. The molecule has 4 heteroatoms. The van der Waals surface area contributed by atoms with Crippen LogP contribution in [0.25, 0.3) is 0 Å². The molecule has 0 atom stereocenters. The Balaban J connectivity index is 2.00. The first-order chi connectivity index (χ1) is 8.79. The van der Waals surface area contributed by atoms with Gasteiger partial charge in [-0.1, -0.05) is 19.1 Å². The lowest BCUT2D eigenvalue weighted by molar-refractivity contribution is 0.615. The predicted molar refractivity (Wildman–Crippen MR) is 82.5 cm³/mol. The molecular weight excluding hydrogens is 337 g/mol. The van der Waals surface area contributed by atoms with E-state index >= 15 is 0 Å². The van der Waals surface area contributed by atoms with Gasteiger partial charge in [-0.05, 0) is 53.3 Å². The van der Waals surface area contributed by atoms with Gasteiger partial charge in [0.1, 0.15) is 5.82 Å². The van der Waals surface area contributed by atoms with Gasteiger partial charge in [-0.3, -0.25) is 0 Å². The van der Waals surface area contributed by atoms with Gasteiger partial charge < -0.3 is 9.88 Å². The average Bonchev–Trinajstić information content (AvgIpc) is 2.80. The molecule has 0 radical (unpaired) electrons.